The molecule has 0 saturated carbocycles. The number of phosphoric acid groups is 1. The lowest BCUT2D eigenvalue weighted by Crippen LogP contribution is -2.47. The summed E-state index contributed by atoms with van der Waals surface area (Å²) in [6.45, 7) is 14.2. The zero-order valence-electron chi connectivity index (χ0n) is 37.1. The maximum atomic E-state index is 14.5. The summed E-state index contributed by atoms with van der Waals surface area (Å²) in [5, 5.41) is 55.7. The molecular weight excluding hydrogens is 843 g/mol. The number of phosphoric ester groups is 1. The number of methoxy groups -OCH3 is 1. The molecule has 0 unspecified atom stereocenters. The number of nitrogens with one attached hydrogen (secondary N) is 1. The SMILES string of the molecule is CO[C@H]1C=CO[C@@]2(C)Oc3c(C)c(O)c4c(O)c(c(/C=N/N5CCN(C)CC5)c(O)c4c3C2=O)NC(=O)/C(C)=C\C=C/[C@H](C)[C@H](OP(=O)(O)O)[C@@H](C)[C@@H](O)[C@@H](C)[C@H](OC(C)=O)[C@@H]1C. The average molecular weight is 903 g/mol. The third-order valence-corrected chi connectivity index (χ3v) is 12.6. The number of piperazine rings is 1. The number of carbonyl (C=O) groups is 3. The number of hydrazone groups is 1. The largest absolute Gasteiger partial charge is 0.507 e. The lowest BCUT2D eigenvalue weighted by molar-refractivity contribution is -0.160. The Labute approximate surface area is 365 Å². The van der Waals surface area contributed by atoms with Crippen molar-refractivity contribution in [2.45, 2.75) is 85.6 Å². The molecule has 6 rings (SSSR count). The zero-order chi connectivity index (χ0) is 46.9. The molecule has 19 nitrogen and oxygen atoms in total. The molecular formula is C43H59N4O15P. The van der Waals surface area contributed by atoms with Crippen LogP contribution in [0.3, 0.4) is 0 Å². The van der Waals surface area contributed by atoms with Gasteiger partial charge >= 0.3 is 19.6 Å². The Bertz CT molecular complexity index is 2270. The third-order valence-electron chi connectivity index (χ3n) is 12.1. The van der Waals surface area contributed by atoms with E-state index in [0.717, 1.165) is 6.26 Å². The number of anilines is 1. The quantitative estimate of drug-likeness (QED) is 0.0694. The van der Waals surface area contributed by atoms with Crippen molar-refractivity contribution in [1.29, 1.82) is 0 Å². The molecule has 4 aliphatic heterocycles. The number of hydrogen-bond acceptors (Lipinski definition) is 16. The average Bonchev–Trinajstić information content (AvgIpc) is 3.48. The Kier molecular flexibility index (Phi) is 15.1. The first kappa shape index (κ1) is 49.0. The minimum Gasteiger partial charge on any atom is -0.507 e. The molecule has 1 fully saturated rings. The van der Waals surface area contributed by atoms with Gasteiger partial charge in [0, 0.05) is 87.3 Å². The minimum absolute atomic E-state index is 0.0178. The predicted octanol–water partition coefficient (Wildman–Crippen LogP) is 4.45. The fourth-order valence-electron chi connectivity index (χ4n) is 8.26. The topological polar surface area (TPSA) is 267 Å². The van der Waals surface area contributed by atoms with Gasteiger partial charge in [-0.2, -0.15) is 5.10 Å². The molecule has 0 aromatic heterocycles. The van der Waals surface area contributed by atoms with Crippen LogP contribution in [0.4, 0.5) is 5.69 Å². The lowest BCUT2D eigenvalue weighted by Gasteiger charge is -2.39. The minimum atomic E-state index is -5.14. The van der Waals surface area contributed by atoms with Gasteiger partial charge in [-0.1, -0.05) is 45.9 Å². The number of likely N-dealkylation sites (N-methyl/N-ethyl adjacent to an activating group) is 1. The molecule has 0 aliphatic carbocycles. The highest BCUT2D eigenvalue weighted by Crippen LogP contribution is 2.55. The number of phenolic OH excluding ortho intramolecular Hbond substituents is 3. The van der Waals surface area contributed by atoms with Gasteiger partial charge in [-0.05, 0) is 27.0 Å². The molecule has 346 valence electrons. The highest BCUT2D eigenvalue weighted by atomic mass is 31.2. The second-order valence-electron chi connectivity index (χ2n) is 16.7. The van der Waals surface area contributed by atoms with E-state index in [-0.39, 0.29) is 44.5 Å². The van der Waals surface area contributed by atoms with Gasteiger partial charge in [-0.25, -0.2) is 4.57 Å². The highest BCUT2D eigenvalue weighted by Gasteiger charge is 2.50. The summed E-state index contributed by atoms with van der Waals surface area (Å²) >= 11 is 0. The number of allylic oxidation sites excluding steroid dienone is 2. The summed E-state index contributed by atoms with van der Waals surface area (Å²) in [4.78, 5) is 62.7. The standard InChI is InChI=1S/C43H59N4O15P/c1-21-12-11-13-22(2)42(54)45-33-28(20-44-47-17-15-46(9)16-18-47)36(51)30-31(37(33)52)35(50)26(6)40-32(30)41(53)43(8,61-40)59-19-14-29(58-10)23(3)39(60-27(7)48)25(5)34(49)24(4)38(21)62-63(55,56)57/h11-14,19-21,23-25,29,34,38-39,49-52H,15-18H2,1-10H3,(H,45,54)(H2,55,56,57)/b12-11-,19-14?,22-13-,44-20+/t21-,23+,24-,25+,29-,34+,38-,39+,43-/m0/s1. The van der Waals surface area contributed by atoms with E-state index in [4.69, 9.17) is 23.5 Å². The van der Waals surface area contributed by atoms with Gasteiger partial charge in [-0.3, -0.25) is 23.9 Å². The van der Waals surface area contributed by atoms with E-state index < -0.39 is 96.6 Å². The molecule has 9 atom stereocenters. The summed E-state index contributed by atoms with van der Waals surface area (Å²) in [6, 6.07) is 0. The fraction of sp³-hybridized carbons (Fsp3) is 0.535. The van der Waals surface area contributed by atoms with Crippen LogP contribution in [-0.4, -0.2) is 135 Å². The van der Waals surface area contributed by atoms with E-state index in [1.165, 1.54) is 72.2 Å². The number of carbonyl (C=O) groups excluding carboxylic acids is 3. The van der Waals surface area contributed by atoms with Crippen molar-refractivity contribution in [3.05, 3.63) is 52.8 Å². The van der Waals surface area contributed by atoms with Gasteiger partial charge in [0.25, 0.3) is 11.7 Å². The number of aliphatic hydroxyl groups excluding tert-OH is 1. The van der Waals surface area contributed by atoms with Crippen LogP contribution in [0.2, 0.25) is 0 Å². The number of phenols is 3. The van der Waals surface area contributed by atoms with Crippen molar-refractivity contribution in [2.75, 3.05) is 45.7 Å². The number of hydrogen-bond donors (Lipinski definition) is 7. The van der Waals surface area contributed by atoms with Gasteiger partial charge in [0.15, 0.2) is 5.75 Å². The number of aliphatic hydroxyl groups is 1. The van der Waals surface area contributed by atoms with Gasteiger partial charge in [0.05, 0.1) is 53.0 Å². The van der Waals surface area contributed by atoms with E-state index in [9.17, 15) is 49.2 Å². The van der Waals surface area contributed by atoms with E-state index in [1.54, 1.807) is 25.8 Å². The monoisotopic (exact) mass is 902 g/mol. The van der Waals surface area contributed by atoms with Gasteiger partial charge in [-0.15, -0.1) is 0 Å². The van der Waals surface area contributed by atoms with Crippen LogP contribution in [0.1, 0.15) is 70.0 Å². The molecule has 63 heavy (non-hydrogen) atoms. The number of ether oxygens (including phenoxy) is 4. The summed E-state index contributed by atoms with van der Waals surface area (Å²) in [6.07, 6.45) is 3.55. The van der Waals surface area contributed by atoms with Crippen molar-refractivity contribution in [2.24, 2.45) is 28.8 Å². The number of fused-ring (bicyclic) bond motifs is 14. The maximum absolute atomic E-state index is 14.5. The number of rotatable bonds is 6. The van der Waals surface area contributed by atoms with Crippen molar-refractivity contribution in [3.8, 4) is 23.0 Å². The van der Waals surface area contributed by atoms with Crippen molar-refractivity contribution < 1.29 is 72.6 Å². The van der Waals surface area contributed by atoms with Crippen molar-refractivity contribution in [3.63, 3.8) is 0 Å². The van der Waals surface area contributed by atoms with Crippen LogP contribution < -0.4 is 10.1 Å². The predicted molar refractivity (Wildman–Crippen MR) is 231 cm³/mol. The molecule has 20 heteroatoms. The molecule has 1 saturated heterocycles. The highest BCUT2D eigenvalue weighted by molar-refractivity contribution is 7.46. The van der Waals surface area contributed by atoms with Crippen molar-refractivity contribution >= 4 is 48.2 Å². The van der Waals surface area contributed by atoms with Gasteiger partial charge in [0.2, 0.25) is 0 Å². The Balaban J connectivity index is 1.73. The summed E-state index contributed by atoms with van der Waals surface area (Å²) < 4.78 is 41.0. The second-order valence-corrected chi connectivity index (χ2v) is 17.9. The van der Waals surface area contributed by atoms with Crippen LogP contribution in [0.15, 0.2) is 41.2 Å². The number of nitrogens with zero attached hydrogens (tertiary/aromatic N) is 3. The number of amides is 1. The summed E-state index contributed by atoms with van der Waals surface area (Å²) in [7, 11) is -1.79. The van der Waals surface area contributed by atoms with Crippen LogP contribution >= 0.6 is 7.82 Å². The summed E-state index contributed by atoms with van der Waals surface area (Å²) in [5.41, 5.74) is -0.656. The van der Waals surface area contributed by atoms with Crippen molar-refractivity contribution in [1.82, 2.24) is 9.91 Å². The normalized spacial score (nSPS) is 30.6. The van der Waals surface area contributed by atoms with E-state index in [0.29, 0.717) is 26.2 Å². The fourth-order valence-corrected chi connectivity index (χ4v) is 8.96. The molecule has 1 amide bonds. The first-order chi connectivity index (χ1) is 29.4. The first-order valence-corrected chi connectivity index (χ1v) is 22.1. The molecule has 4 heterocycles. The molecule has 0 radical (unpaired) electrons. The number of benzene rings is 2. The molecule has 2 aromatic rings. The molecule has 7 N–H and O–H groups in total. The van der Waals surface area contributed by atoms with Crippen LogP contribution in [0, 0.1) is 30.6 Å². The third kappa shape index (κ3) is 10.4. The van der Waals surface area contributed by atoms with Crippen LogP contribution in [-0.2, 0) is 32.9 Å². The van der Waals surface area contributed by atoms with Crippen LogP contribution in [0.25, 0.3) is 10.8 Å². The molecule has 0 spiro atoms. The molecule has 2 aromatic carbocycles. The van der Waals surface area contributed by atoms with Gasteiger partial charge in [0.1, 0.15) is 23.4 Å². The summed E-state index contributed by atoms with van der Waals surface area (Å²) in [5.74, 6) is -9.71. The van der Waals surface area contributed by atoms with E-state index in [2.05, 4.69) is 15.3 Å². The van der Waals surface area contributed by atoms with E-state index in [1.807, 2.05) is 7.05 Å². The zero-order valence-corrected chi connectivity index (χ0v) is 38.0. The Hall–Kier alpha value is -5.01. The lowest BCUT2D eigenvalue weighted by atomic mass is 9.78. The Morgan fingerprint density at radius 1 is 0.968 bits per heavy atom. The number of ketones is 1. The van der Waals surface area contributed by atoms with E-state index >= 15 is 0 Å². The molecule has 4 aliphatic rings. The smallest absolute Gasteiger partial charge is 0.469 e. The van der Waals surface area contributed by atoms with Crippen LogP contribution in [0.5, 0.6) is 23.0 Å². The first-order valence-electron chi connectivity index (χ1n) is 20.5. The number of aromatic hydroxyl groups is 3. The second kappa shape index (κ2) is 19.4. The van der Waals surface area contributed by atoms with Gasteiger partial charge < -0.3 is 59.4 Å². The Morgan fingerprint density at radius 2 is 1.60 bits per heavy atom. The Morgan fingerprint density at radius 3 is 2.21 bits per heavy atom. The maximum Gasteiger partial charge on any atom is 0.469 e. The number of Topliss-reactive ketones (excluding diaryl/α,β-unsaturated/α-hetero) is 1. The number of esters is 1. The molecule has 5 bridgehead atoms.